The molecule has 0 aliphatic rings. The molecule has 0 spiro atoms. The van der Waals surface area contributed by atoms with Crippen LogP contribution in [0.25, 0.3) is 11.0 Å². The van der Waals surface area contributed by atoms with E-state index in [0.717, 1.165) is 27.8 Å². The first-order valence-corrected chi connectivity index (χ1v) is 8.06. The first-order chi connectivity index (χ1) is 11.4. The van der Waals surface area contributed by atoms with Gasteiger partial charge in [-0.3, -0.25) is 4.79 Å². The van der Waals surface area contributed by atoms with Crippen molar-refractivity contribution in [3.05, 3.63) is 53.3 Å². The lowest BCUT2D eigenvalue weighted by molar-refractivity contribution is 0.0993. The second-order valence-corrected chi connectivity index (χ2v) is 6.53. The Kier molecular flexibility index (Phi) is 4.09. The van der Waals surface area contributed by atoms with Gasteiger partial charge < -0.3 is 4.90 Å². The Bertz CT molecular complexity index is 891. The van der Waals surface area contributed by atoms with Gasteiger partial charge in [-0.25, -0.2) is 9.67 Å². The summed E-state index contributed by atoms with van der Waals surface area (Å²) < 4.78 is 1.86. The number of pyridine rings is 1. The average Bonchev–Trinajstić information content (AvgIpc) is 2.95. The highest BCUT2D eigenvalue weighted by Crippen LogP contribution is 2.21. The number of aryl methyl sites for hydroxylation is 2. The largest absolute Gasteiger partial charge is 0.311 e. The number of rotatable bonds is 3. The Morgan fingerprint density at radius 1 is 1.08 bits per heavy atom. The zero-order valence-electron chi connectivity index (χ0n) is 14.7. The molecule has 24 heavy (non-hydrogen) atoms. The van der Waals surface area contributed by atoms with E-state index in [1.807, 2.05) is 36.7 Å². The zero-order chi connectivity index (χ0) is 17.4. The van der Waals surface area contributed by atoms with Crippen LogP contribution < -0.4 is 4.90 Å². The third-order valence-corrected chi connectivity index (χ3v) is 4.07. The molecule has 0 radical (unpaired) electrons. The number of aromatic nitrogens is 3. The summed E-state index contributed by atoms with van der Waals surface area (Å²) in [4.78, 5) is 18.9. The Balaban J connectivity index is 1.95. The summed E-state index contributed by atoms with van der Waals surface area (Å²) in [7, 11) is 1.79. The van der Waals surface area contributed by atoms with E-state index in [4.69, 9.17) is 0 Å². The molecule has 0 N–H and O–H groups in total. The molecule has 124 valence electrons. The van der Waals surface area contributed by atoms with E-state index in [-0.39, 0.29) is 11.9 Å². The Labute approximate surface area is 141 Å². The molecule has 2 aromatic heterocycles. The fraction of sp³-hybridized carbons (Fsp3) is 0.316. The van der Waals surface area contributed by atoms with Gasteiger partial charge in [-0.1, -0.05) is 6.07 Å². The number of anilines is 1. The van der Waals surface area contributed by atoms with Crippen LogP contribution in [-0.4, -0.2) is 27.7 Å². The molecule has 0 aliphatic carbocycles. The summed E-state index contributed by atoms with van der Waals surface area (Å²) in [5.74, 6) is -0.0771. The van der Waals surface area contributed by atoms with Gasteiger partial charge in [0.05, 0.1) is 11.8 Å². The third kappa shape index (κ3) is 2.89. The van der Waals surface area contributed by atoms with E-state index < -0.39 is 0 Å². The summed E-state index contributed by atoms with van der Waals surface area (Å²) in [6, 6.07) is 8.20. The van der Waals surface area contributed by atoms with Crippen LogP contribution in [0.5, 0.6) is 0 Å². The van der Waals surface area contributed by atoms with Crippen molar-refractivity contribution in [1.29, 1.82) is 0 Å². The van der Waals surface area contributed by atoms with Crippen LogP contribution in [0.1, 0.15) is 41.4 Å². The van der Waals surface area contributed by atoms with Crippen LogP contribution in [0.2, 0.25) is 0 Å². The molecule has 2 heterocycles. The van der Waals surface area contributed by atoms with Crippen LogP contribution in [0.4, 0.5) is 5.69 Å². The lowest BCUT2D eigenvalue weighted by atomic mass is 10.1. The molecule has 0 atom stereocenters. The molecule has 1 aromatic carbocycles. The standard InChI is InChI=1S/C19H22N4O/c1-12(2)23-18-15(11-21-23)9-16(10-20-18)19(24)22(5)17-7-13(3)6-14(4)8-17/h6-12H,1-5H3. The van der Waals surface area contributed by atoms with Gasteiger partial charge in [-0.05, 0) is 57.0 Å². The zero-order valence-corrected chi connectivity index (χ0v) is 14.7. The lowest BCUT2D eigenvalue weighted by Crippen LogP contribution is -2.26. The van der Waals surface area contributed by atoms with Crippen LogP contribution in [0.3, 0.4) is 0 Å². The van der Waals surface area contributed by atoms with Crippen molar-refractivity contribution < 1.29 is 4.79 Å². The maximum absolute atomic E-state index is 12.8. The van der Waals surface area contributed by atoms with E-state index >= 15 is 0 Å². The molecule has 0 bridgehead atoms. The fourth-order valence-electron chi connectivity index (χ4n) is 2.89. The molecule has 0 saturated heterocycles. The highest BCUT2D eigenvalue weighted by Gasteiger charge is 2.16. The van der Waals surface area contributed by atoms with Gasteiger partial charge in [-0.2, -0.15) is 5.10 Å². The fourth-order valence-corrected chi connectivity index (χ4v) is 2.89. The molecule has 3 rings (SSSR count). The lowest BCUT2D eigenvalue weighted by Gasteiger charge is -2.18. The highest BCUT2D eigenvalue weighted by atomic mass is 16.2. The first-order valence-electron chi connectivity index (χ1n) is 8.06. The minimum Gasteiger partial charge on any atom is -0.311 e. The third-order valence-electron chi connectivity index (χ3n) is 4.07. The molecule has 0 unspecified atom stereocenters. The van der Waals surface area contributed by atoms with Crippen molar-refractivity contribution in [1.82, 2.24) is 14.8 Å². The smallest absolute Gasteiger partial charge is 0.259 e. The van der Waals surface area contributed by atoms with E-state index in [2.05, 4.69) is 30.0 Å². The van der Waals surface area contributed by atoms with Crippen LogP contribution >= 0.6 is 0 Å². The number of hydrogen-bond acceptors (Lipinski definition) is 3. The maximum atomic E-state index is 12.8. The van der Waals surface area contributed by atoms with Crippen molar-refractivity contribution in [3.8, 4) is 0 Å². The molecule has 3 aromatic rings. The normalized spacial score (nSPS) is 11.2. The van der Waals surface area contributed by atoms with Gasteiger partial charge in [0.2, 0.25) is 0 Å². The topological polar surface area (TPSA) is 51.0 Å². The van der Waals surface area contributed by atoms with E-state index in [9.17, 15) is 4.79 Å². The summed E-state index contributed by atoms with van der Waals surface area (Å²) >= 11 is 0. The van der Waals surface area contributed by atoms with Gasteiger partial charge in [0.1, 0.15) is 0 Å². The Hall–Kier alpha value is -2.69. The summed E-state index contributed by atoms with van der Waals surface area (Å²) in [6.45, 7) is 8.17. The second kappa shape index (κ2) is 6.07. The van der Waals surface area contributed by atoms with E-state index in [1.54, 1.807) is 24.3 Å². The number of amides is 1. The molecule has 5 nitrogen and oxygen atoms in total. The number of carbonyl (C=O) groups is 1. The SMILES string of the molecule is Cc1cc(C)cc(N(C)C(=O)c2cnc3c(cnn3C(C)C)c2)c1. The van der Waals surface area contributed by atoms with Crippen LogP contribution in [-0.2, 0) is 0 Å². The van der Waals surface area contributed by atoms with Crippen molar-refractivity contribution in [2.24, 2.45) is 0 Å². The molecule has 5 heteroatoms. The summed E-state index contributed by atoms with van der Waals surface area (Å²) in [5.41, 5.74) is 4.52. The molecule has 0 fully saturated rings. The number of hydrogen-bond donors (Lipinski definition) is 0. The van der Waals surface area contributed by atoms with Gasteiger partial charge in [-0.15, -0.1) is 0 Å². The second-order valence-electron chi connectivity index (χ2n) is 6.53. The molecule has 1 amide bonds. The quantitative estimate of drug-likeness (QED) is 0.734. The van der Waals surface area contributed by atoms with Gasteiger partial charge >= 0.3 is 0 Å². The monoisotopic (exact) mass is 322 g/mol. The molecule has 0 aliphatic heterocycles. The van der Waals surface area contributed by atoms with Crippen molar-refractivity contribution >= 4 is 22.6 Å². The molecule has 0 saturated carbocycles. The molecular formula is C19H22N4O. The van der Waals surface area contributed by atoms with Gasteiger partial charge in [0.15, 0.2) is 5.65 Å². The molecular weight excluding hydrogens is 300 g/mol. The minimum atomic E-state index is -0.0771. The van der Waals surface area contributed by atoms with Crippen molar-refractivity contribution in [3.63, 3.8) is 0 Å². The van der Waals surface area contributed by atoms with Crippen molar-refractivity contribution in [2.45, 2.75) is 33.7 Å². The summed E-state index contributed by atoms with van der Waals surface area (Å²) in [6.07, 6.45) is 3.39. The van der Waals surface area contributed by atoms with E-state index in [1.165, 1.54) is 0 Å². The first kappa shape index (κ1) is 16.2. The number of carbonyl (C=O) groups excluding carboxylic acids is 1. The number of nitrogens with zero attached hydrogens (tertiary/aromatic N) is 4. The highest BCUT2D eigenvalue weighted by molar-refractivity contribution is 6.07. The van der Waals surface area contributed by atoms with Gasteiger partial charge in [0, 0.05) is 30.4 Å². The van der Waals surface area contributed by atoms with Crippen molar-refractivity contribution in [2.75, 3.05) is 11.9 Å². The maximum Gasteiger partial charge on any atom is 0.259 e. The number of benzene rings is 1. The average molecular weight is 322 g/mol. The van der Waals surface area contributed by atoms with E-state index in [0.29, 0.717) is 5.56 Å². The summed E-state index contributed by atoms with van der Waals surface area (Å²) in [5, 5.41) is 5.23. The predicted molar refractivity (Wildman–Crippen MR) is 96.6 cm³/mol. The van der Waals surface area contributed by atoms with Crippen LogP contribution in [0, 0.1) is 13.8 Å². The van der Waals surface area contributed by atoms with Gasteiger partial charge in [0.25, 0.3) is 5.91 Å². The van der Waals surface area contributed by atoms with Crippen LogP contribution in [0.15, 0.2) is 36.7 Å². The predicted octanol–water partition coefficient (Wildman–Crippen LogP) is 3.91. The Morgan fingerprint density at radius 2 is 1.75 bits per heavy atom. The minimum absolute atomic E-state index is 0.0771. The Morgan fingerprint density at radius 3 is 2.38 bits per heavy atom. The number of fused-ring (bicyclic) bond motifs is 1.